The molecule has 4 aromatic rings. The summed E-state index contributed by atoms with van der Waals surface area (Å²) >= 11 is 0. The van der Waals surface area contributed by atoms with Gasteiger partial charge in [-0.05, 0) is 93.7 Å². The highest BCUT2D eigenvalue weighted by Gasteiger charge is 2.38. The van der Waals surface area contributed by atoms with Crippen molar-refractivity contribution in [1.82, 2.24) is 40.4 Å². The SMILES string of the molecule is COC(=O)N[C@H]1COCCCCOc2cc(C#Cc3cc4c5[nH]c(nc5c3)[C@@H]3CCCN3C(=O)[C@@H](NC(=O)OC)CCCCC4)ccc2-c2c[nH]c(n2)[C@@H]2CCCN2C1=O. The predicted molar refractivity (Wildman–Crippen MR) is 220 cm³/mol. The van der Waals surface area contributed by atoms with Gasteiger partial charge in [0.05, 0.1) is 56.2 Å². The Morgan fingerprint density at radius 3 is 2.28 bits per heavy atom. The van der Waals surface area contributed by atoms with Gasteiger partial charge in [0.2, 0.25) is 11.8 Å². The van der Waals surface area contributed by atoms with Gasteiger partial charge in [-0.3, -0.25) is 9.59 Å². The molecule has 60 heavy (non-hydrogen) atoms. The van der Waals surface area contributed by atoms with Gasteiger partial charge in [-0.15, -0.1) is 0 Å². The van der Waals surface area contributed by atoms with Gasteiger partial charge in [0.1, 0.15) is 29.5 Å². The van der Waals surface area contributed by atoms with Gasteiger partial charge in [-0.2, -0.15) is 0 Å². The largest absolute Gasteiger partial charge is 0.493 e. The highest BCUT2D eigenvalue weighted by atomic mass is 16.5. The van der Waals surface area contributed by atoms with Crippen molar-refractivity contribution in [2.75, 3.05) is 47.1 Å². The number of fused-ring (bicyclic) bond motifs is 9. The van der Waals surface area contributed by atoms with Crippen molar-refractivity contribution >= 4 is 35.0 Å². The Kier molecular flexibility index (Phi) is 12.5. The van der Waals surface area contributed by atoms with Gasteiger partial charge in [0, 0.05) is 42.6 Å². The van der Waals surface area contributed by atoms with E-state index in [1.807, 2.05) is 35.4 Å². The zero-order valence-electron chi connectivity index (χ0n) is 34.1. The molecule has 2 aromatic heterocycles. The summed E-state index contributed by atoms with van der Waals surface area (Å²) in [5.41, 5.74) is 6.03. The minimum absolute atomic E-state index is 0.0280. The van der Waals surface area contributed by atoms with Crippen molar-refractivity contribution in [3.63, 3.8) is 0 Å². The summed E-state index contributed by atoms with van der Waals surface area (Å²) in [5, 5.41) is 5.42. The maximum atomic E-state index is 13.8. The van der Waals surface area contributed by atoms with E-state index in [2.05, 4.69) is 38.5 Å². The van der Waals surface area contributed by atoms with Crippen LogP contribution in [0.1, 0.15) is 105 Å². The number of amides is 4. The molecule has 2 fully saturated rings. The number of benzene rings is 2. The molecular weight excluding hydrogens is 769 g/mol. The molecule has 16 heteroatoms. The first kappa shape index (κ1) is 40.7. The van der Waals surface area contributed by atoms with Crippen LogP contribution in [0.15, 0.2) is 36.5 Å². The molecule has 4 atom stereocenters. The number of rotatable bonds is 2. The van der Waals surface area contributed by atoms with Crippen LogP contribution < -0.4 is 15.4 Å². The lowest BCUT2D eigenvalue weighted by atomic mass is 10.0. The third-order valence-corrected chi connectivity index (χ3v) is 11.8. The summed E-state index contributed by atoms with van der Waals surface area (Å²) in [6, 6.07) is 7.98. The van der Waals surface area contributed by atoms with E-state index < -0.39 is 24.3 Å². The Hall–Kier alpha value is -6.08. The summed E-state index contributed by atoms with van der Waals surface area (Å²) in [6.07, 6.45) is 9.02. The Morgan fingerprint density at radius 1 is 0.783 bits per heavy atom. The minimum Gasteiger partial charge on any atom is -0.493 e. The maximum absolute atomic E-state index is 13.8. The number of nitrogens with one attached hydrogen (secondary N) is 4. The lowest BCUT2D eigenvalue weighted by Gasteiger charge is -2.28. The zero-order valence-corrected chi connectivity index (χ0v) is 34.1. The van der Waals surface area contributed by atoms with E-state index in [1.54, 1.807) is 4.90 Å². The molecule has 4 amide bonds. The molecule has 316 valence electrons. The first-order chi connectivity index (χ1) is 29.3. The van der Waals surface area contributed by atoms with Crippen molar-refractivity contribution < 1.29 is 38.1 Å². The van der Waals surface area contributed by atoms with Crippen molar-refractivity contribution in [2.45, 2.75) is 94.8 Å². The molecule has 4 bridgehead atoms. The Bertz CT molecular complexity index is 2290. The molecule has 8 rings (SSSR count). The lowest BCUT2D eigenvalue weighted by Crippen LogP contribution is -2.50. The average molecular weight is 821 g/mol. The number of ether oxygens (including phenoxy) is 4. The monoisotopic (exact) mass is 820 g/mol. The van der Waals surface area contributed by atoms with Crippen LogP contribution in [-0.2, 0) is 30.2 Å². The van der Waals surface area contributed by atoms with Crippen molar-refractivity contribution in [3.8, 4) is 28.8 Å². The number of methoxy groups -OCH3 is 2. The lowest BCUT2D eigenvalue weighted by molar-refractivity contribution is -0.136. The third-order valence-electron chi connectivity index (χ3n) is 11.8. The fraction of sp³-hybridized carbons (Fsp3) is 0.500. The van der Waals surface area contributed by atoms with Gasteiger partial charge < -0.3 is 49.3 Å². The molecule has 6 heterocycles. The number of hydrogen-bond acceptors (Lipinski definition) is 10. The van der Waals surface area contributed by atoms with E-state index >= 15 is 0 Å². The average Bonchev–Trinajstić information content (AvgIpc) is 4.10. The number of carbonyl (C=O) groups is 4. The van der Waals surface area contributed by atoms with E-state index in [0.29, 0.717) is 62.8 Å². The molecule has 0 saturated carbocycles. The molecule has 4 N–H and O–H groups in total. The molecule has 4 aliphatic rings. The number of aromatic amines is 2. The van der Waals surface area contributed by atoms with Crippen LogP contribution in [0.25, 0.3) is 22.3 Å². The van der Waals surface area contributed by atoms with Gasteiger partial charge in [0.25, 0.3) is 0 Å². The molecule has 16 nitrogen and oxygen atoms in total. The summed E-state index contributed by atoms with van der Waals surface area (Å²) in [4.78, 5) is 72.3. The Balaban J connectivity index is 1.06. The second kappa shape index (κ2) is 18.5. The number of H-pyrrole nitrogens is 2. The van der Waals surface area contributed by atoms with E-state index in [1.165, 1.54) is 14.2 Å². The van der Waals surface area contributed by atoms with Crippen LogP contribution in [0.4, 0.5) is 9.59 Å². The molecule has 2 saturated heterocycles. The number of aromatic nitrogens is 4. The second-order valence-corrected chi connectivity index (χ2v) is 15.8. The first-order valence-electron chi connectivity index (χ1n) is 21.0. The normalized spacial score (nSPS) is 22.5. The van der Waals surface area contributed by atoms with E-state index in [4.69, 9.17) is 28.9 Å². The Labute approximate surface area is 348 Å². The fourth-order valence-electron chi connectivity index (χ4n) is 8.75. The van der Waals surface area contributed by atoms with E-state index in [9.17, 15) is 19.2 Å². The van der Waals surface area contributed by atoms with Crippen molar-refractivity contribution in [1.29, 1.82) is 0 Å². The van der Waals surface area contributed by atoms with Gasteiger partial charge in [-0.25, -0.2) is 19.6 Å². The van der Waals surface area contributed by atoms with Gasteiger partial charge >= 0.3 is 12.2 Å². The number of carbonyl (C=O) groups excluding carboxylic acids is 4. The highest BCUT2D eigenvalue weighted by Crippen LogP contribution is 2.36. The fourth-order valence-corrected chi connectivity index (χ4v) is 8.75. The second-order valence-electron chi connectivity index (χ2n) is 15.8. The van der Waals surface area contributed by atoms with Crippen LogP contribution in [0.5, 0.6) is 5.75 Å². The number of hydrogen-bond donors (Lipinski definition) is 4. The van der Waals surface area contributed by atoms with Crippen LogP contribution in [0.3, 0.4) is 0 Å². The van der Waals surface area contributed by atoms with Gasteiger partial charge in [-0.1, -0.05) is 24.7 Å². The first-order valence-corrected chi connectivity index (χ1v) is 21.0. The quantitative estimate of drug-likeness (QED) is 0.190. The smallest absolute Gasteiger partial charge is 0.407 e. The maximum Gasteiger partial charge on any atom is 0.407 e. The van der Waals surface area contributed by atoms with E-state index in [-0.39, 0.29) is 30.5 Å². The molecule has 0 radical (unpaired) electrons. The molecule has 2 aromatic carbocycles. The van der Waals surface area contributed by atoms with E-state index in [0.717, 1.165) is 90.5 Å². The van der Waals surface area contributed by atoms with Crippen LogP contribution in [0.2, 0.25) is 0 Å². The topological polar surface area (TPSA) is 193 Å². The molecule has 0 aliphatic carbocycles. The minimum atomic E-state index is -0.881. The summed E-state index contributed by atoms with van der Waals surface area (Å²) in [7, 11) is 2.58. The standard InChI is InChI=1S/C44H52N8O8/c1-57-43(55)48-31-11-5-3-4-10-29-22-28(23-32-38(29)50-40(46-32)36-13-9-19-52(36)41(31)53)15-14-27-16-17-30-33-25-45-39(47-33)35-12-8-18-51(35)42(54)34(49-44(56)58-2)26-59-20-6-7-21-60-37(30)24-27/h16-17,22-25,31,34-36H,3-13,18-21,26H2,1-2H3,(H,45,47)(H,46,50)(H,48,55)(H,49,56)/t31-,34-,35-,36-/m0/s1. The number of nitrogens with zero attached hydrogens (tertiary/aromatic N) is 4. The molecule has 0 spiro atoms. The third kappa shape index (κ3) is 8.91. The van der Waals surface area contributed by atoms with Crippen molar-refractivity contribution in [2.24, 2.45) is 0 Å². The highest BCUT2D eigenvalue weighted by molar-refractivity contribution is 5.87. The predicted octanol–water partition coefficient (Wildman–Crippen LogP) is 5.43. The molecule has 4 aliphatic heterocycles. The number of alkyl carbamates (subject to hydrolysis) is 2. The number of aryl methyl sites for hydroxylation is 1. The molecular formula is C44H52N8O8. The van der Waals surface area contributed by atoms with Crippen LogP contribution in [0, 0.1) is 11.8 Å². The van der Waals surface area contributed by atoms with Crippen LogP contribution >= 0.6 is 0 Å². The Morgan fingerprint density at radius 2 is 1.50 bits per heavy atom. The van der Waals surface area contributed by atoms with Crippen molar-refractivity contribution in [3.05, 3.63) is 64.9 Å². The number of imidazole rings is 2. The van der Waals surface area contributed by atoms with Gasteiger partial charge in [0.15, 0.2) is 0 Å². The van der Waals surface area contributed by atoms with Crippen LogP contribution in [-0.4, -0.2) is 113 Å². The molecule has 0 unspecified atom stereocenters. The summed E-state index contributed by atoms with van der Waals surface area (Å²) in [5.74, 6) is 8.48. The summed E-state index contributed by atoms with van der Waals surface area (Å²) < 4.78 is 21.9. The summed E-state index contributed by atoms with van der Waals surface area (Å²) in [6.45, 7) is 1.99. The zero-order chi connectivity index (χ0) is 41.6.